The van der Waals surface area contributed by atoms with Gasteiger partial charge in [0, 0.05) is 19.3 Å². The van der Waals surface area contributed by atoms with E-state index in [2.05, 4.69) is 10.3 Å². The Bertz CT molecular complexity index is 1080. The van der Waals surface area contributed by atoms with E-state index in [0.29, 0.717) is 17.8 Å². The third-order valence-electron chi connectivity index (χ3n) is 5.40. The van der Waals surface area contributed by atoms with Crippen LogP contribution in [0, 0.1) is 12.7 Å². The van der Waals surface area contributed by atoms with Crippen LogP contribution in [0.2, 0.25) is 0 Å². The zero-order chi connectivity index (χ0) is 21.1. The van der Waals surface area contributed by atoms with Crippen molar-refractivity contribution >= 4 is 11.8 Å². The summed E-state index contributed by atoms with van der Waals surface area (Å²) in [6.45, 7) is 2.71. The minimum absolute atomic E-state index is 0.114. The van der Waals surface area contributed by atoms with Crippen LogP contribution in [0.25, 0.3) is 0 Å². The van der Waals surface area contributed by atoms with Crippen LogP contribution < -0.4 is 5.32 Å². The van der Waals surface area contributed by atoms with Gasteiger partial charge in [0.2, 0.25) is 5.91 Å². The summed E-state index contributed by atoms with van der Waals surface area (Å²) >= 11 is 0. The SMILES string of the molecule is Cc1ccccc1CNC(=O)C[C@@H]1c2ncccc2C(=O)N1Cc1ccc(F)cc1. The highest BCUT2D eigenvalue weighted by Gasteiger charge is 2.38. The van der Waals surface area contributed by atoms with E-state index in [4.69, 9.17) is 0 Å². The lowest BCUT2D eigenvalue weighted by Crippen LogP contribution is -2.32. The highest BCUT2D eigenvalue weighted by Crippen LogP contribution is 2.35. The van der Waals surface area contributed by atoms with E-state index in [1.165, 1.54) is 12.1 Å². The standard InChI is InChI=1S/C24H22FN3O2/c1-16-5-2-3-6-18(16)14-27-22(29)13-21-23-20(7-4-12-26-23)24(30)28(21)15-17-8-10-19(25)11-9-17/h2-12,21H,13-15H2,1H3,(H,27,29)/t21-/m1/s1. The number of carbonyl (C=O) groups excluding carboxylic acids is 2. The maximum atomic E-state index is 13.3. The molecule has 6 heteroatoms. The minimum atomic E-state index is -0.462. The molecule has 0 saturated heterocycles. The lowest BCUT2D eigenvalue weighted by molar-refractivity contribution is -0.122. The van der Waals surface area contributed by atoms with Crippen LogP contribution in [0.3, 0.4) is 0 Å². The first kappa shape index (κ1) is 19.8. The van der Waals surface area contributed by atoms with Crippen LogP contribution in [0.4, 0.5) is 4.39 Å². The van der Waals surface area contributed by atoms with Crippen molar-refractivity contribution in [3.05, 3.63) is 101 Å². The van der Waals surface area contributed by atoms with Gasteiger partial charge in [-0.3, -0.25) is 14.6 Å². The highest BCUT2D eigenvalue weighted by atomic mass is 19.1. The summed E-state index contributed by atoms with van der Waals surface area (Å²) in [7, 11) is 0. The van der Waals surface area contributed by atoms with Gasteiger partial charge in [-0.2, -0.15) is 0 Å². The molecule has 2 aromatic carbocycles. The van der Waals surface area contributed by atoms with Crippen molar-refractivity contribution in [1.29, 1.82) is 0 Å². The molecule has 152 valence electrons. The number of hydrogen-bond donors (Lipinski definition) is 1. The molecule has 5 nitrogen and oxygen atoms in total. The first-order chi connectivity index (χ1) is 14.5. The molecule has 0 fully saturated rings. The zero-order valence-corrected chi connectivity index (χ0v) is 16.6. The van der Waals surface area contributed by atoms with Gasteiger partial charge >= 0.3 is 0 Å². The van der Waals surface area contributed by atoms with E-state index in [1.807, 2.05) is 31.2 Å². The molecule has 0 unspecified atom stereocenters. The van der Waals surface area contributed by atoms with Gasteiger partial charge in [0.15, 0.2) is 0 Å². The summed E-state index contributed by atoms with van der Waals surface area (Å²) in [5.41, 5.74) is 4.07. The molecule has 2 amide bonds. The molecule has 1 N–H and O–H groups in total. The minimum Gasteiger partial charge on any atom is -0.352 e. The van der Waals surface area contributed by atoms with Gasteiger partial charge in [-0.05, 0) is 47.9 Å². The van der Waals surface area contributed by atoms with Gasteiger partial charge in [0.25, 0.3) is 5.91 Å². The smallest absolute Gasteiger partial charge is 0.256 e. The van der Waals surface area contributed by atoms with Crippen LogP contribution in [-0.2, 0) is 17.9 Å². The van der Waals surface area contributed by atoms with Crippen molar-refractivity contribution in [2.24, 2.45) is 0 Å². The van der Waals surface area contributed by atoms with Crippen LogP contribution >= 0.6 is 0 Å². The monoisotopic (exact) mass is 403 g/mol. The summed E-state index contributed by atoms with van der Waals surface area (Å²) in [5, 5.41) is 2.95. The first-order valence-electron chi connectivity index (χ1n) is 9.84. The van der Waals surface area contributed by atoms with Crippen molar-refractivity contribution in [3.8, 4) is 0 Å². The van der Waals surface area contributed by atoms with Crippen molar-refractivity contribution in [2.75, 3.05) is 0 Å². The second kappa shape index (κ2) is 8.45. The number of amides is 2. The normalized spacial score (nSPS) is 15.2. The number of nitrogens with zero attached hydrogens (tertiary/aromatic N) is 2. The average molecular weight is 403 g/mol. The Morgan fingerprint density at radius 3 is 2.63 bits per heavy atom. The predicted molar refractivity (Wildman–Crippen MR) is 111 cm³/mol. The molecule has 1 aliphatic heterocycles. The maximum Gasteiger partial charge on any atom is 0.256 e. The number of aromatic nitrogens is 1. The predicted octanol–water partition coefficient (Wildman–Crippen LogP) is 3.93. The molecular weight excluding hydrogens is 381 g/mol. The van der Waals surface area contributed by atoms with E-state index < -0.39 is 6.04 Å². The summed E-state index contributed by atoms with van der Waals surface area (Å²) in [5.74, 6) is -0.652. The molecule has 4 rings (SSSR count). The molecule has 0 radical (unpaired) electrons. The van der Waals surface area contributed by atoms with Crippen LogP contribution in [-0.4, -0.2) is 21.7 Å². The van der Waals surface area contributed by atoms with E-state index in [-0.39, 0.29) is 30.6 Å². The second-order valence-electron chi connectivity index (χ2n) is 7.42. The van der Waals surface area contributed by atoms with Crippen molar-refractivity contribution in [2.45, 2.75) is 32.5 Å². The zero-order valence-electron chi connectivity index (χ0n) is 16.6. The fraction of sp³-hybridized carbons (Fsp3) is 0.208. The van der Waals surface area contributed by atoms with Crippen molar-refractivity contribution in [3.63, 3.8) is 0 Å². The highest BCUT2D eigenvalue weighted by molar-refractivity contribution is 5.99. The fourth-order valence-corrected chi connectivity index (χ4v) is 3.73. The lowest BCUT2D eigenvalue weighted by Gasteiger charge is -2.24. The molecule has 30 heavy (non-hydrogen) atoms. The number of rotatable bonds is 6. The molecule has 2 heterocycles. The van der Waals surface area contributed by atoms with E-state index in [0.717, 1.165) is 16.7 Å². The van der Waals surface area contributed by atoms with Crippen molar-refractivity contribution in [1.82, 2.24) is 15.2 Å². The molecular formula is C24H22FN3O2. The van der Waals surface area contributed by atoms with Crippen molar-refractivity contribution < 1.29 is 14.0 Å². The Morgan fingerprint density at radius 1 is 1.10 bits per heavy atom. The number of pyridine rings is 1. The Labute approximate surface area is 174 Å². The molecule has 0 saturated carbocycles. The number of hydrogen-bond acceptors (Lipinski definition) is 3. The molecule has 1 aromatic heterocycles. The molecule has 3 aromatic rings. The number of benzene rings is 2. The third kappa shape index (κ3) is 4.08. The van der Waals surface area contributed by atoms with Gasteiger partial charge in [-0.1, -0.05) is 36.4 Å². The van der Waals surface area contributed by atoms with E-state index in [1.54, 1.807) is 35.4 Å². The number of aryl methyl sites for hydroxylation is 1. The Kier molecular flexibility index (Phi) is 5.57. The largest absolute Gasteiger partial charge is 0.352 e. The number of carbonyl (C=O) groups is 2. The Morgan fingerprint density at radius 2 is 1.87 bits per heavy atom. The summed E-state index contributed by atoms with van der Waals surface area (Å²) < 4.78 is 13.3. The summed E-state index contributed by atoms with van der Waals surface area (Å²) in [6.07, 6.45) is 1.74. The van der Waals surface area contributed by atoms with Gasteiger partial charge in [0.1, 0.15) is 5.82 Å². The third-order valence-corrected chi connectivity index (χ3v) is 5.40. The quantitative estimate of drug-likeness (QED) is 0.678. The number of nitrogens with one attached hydrogen (secondary N) is 1. The Hall–Kier alpha value is -3.54. The average Bonchev–Trinajstić information content (AvgIpc) is 3.01. The number of fused-ring (bicyclic) bond motifs is 1. The topological polar surface area (TPSA) is 62.3 Å². The lowest BCUT2D eigenvalue weighted by atomic mass is 10.1. The molecule has 0 bridgehead atoms. The van der Waals surface area contributed by atoms with Gasteiger partial charge in [-0.15, -0.1) is 0 Å². The molecule has 1 aliphatic rings. The second-order valence-corrected chi connectivity index (χ2v) is 7.42. The van der Waals surface area contributed by atoms with E-state index >= 15 is 0 Å². The van der Waals surface area contributed by atoms with Gasteiger partial charge in [-0.25, -0.2) is 4.39 Å². The van der Waals surface area contributed by atoms with Crippen LogP contribution in [0.15, 0.2) is 66.9 Å². The number of halogens is 1. The Balaban J connectivity index is 1.51. The van der Waals surface area contributed by atoms with Gasteiger partial charge < -0.3 is 10.2 Å². The molecule has 1 atom stereocenters. The van der Waals surface area contributed by atoms with Crippen LogP contribution in [0.1, 0.15) is 45.2 Å². The maximum absolute atomic E-state index is 13.3. The van der Waals surface area contributed by atoms with Gasteiger partial charge in [0.05, 0.1) is 23.7 Å². The fourth-order valence-electron chi connectivity index (χ4n) is 3.73. The van der Waals surface area contributed by atoms with E-state index in [9.17, 15) is 14.0 Å². The first-order valence-corrected chi connectivity index (χ1v) is 9.84. The van der Waals surface area contributed by atoms with Crippen LogP contribution in [0.5, 0.6) is 0 Å². The molecule has 0 aliphatic carbocycles. The molecule has 0 spiro atoms. The summed E-state index contributed by atoms with van der Waals surface area (Å²) in [6, 6.07) is 16.9. The summed E-state index contributed by atoms with van der Waals surface area (Å²) in [4.78, 5) is 31.7.